The Kier molecular flexibility index (Phi) is 5.16. The highest BCUT2D eigenvalue weighted by Gasteiger charge is 2.04. The van der Waals surface area contributed by atoms with Crippen LogP contribution in [0.5, 0.6) is 5.75 Å². The Balaban J connectivity index is 2.09. The lowest BCUT2D eigenvalue weighted by Gasteiger charge is -2.12. The van der Waals surface area contributed by atoms with E-state index in [0.29, 0.717) is 23.2 Å². The molecule has 0 amide bonds. The molecule has 0 atom stereocenters. The summed E-state index contributed by atoms with van der Waals surface area (Å²) in [6.07, 6.45) is 0. The van der Waals surface area contributed by atoms with Crippen LogP contribution >= 0.6 is 23.2 Å². The van der Waals surface area contributed by atoms with E-state index in [9.17, 15) is 0 Å². The molecule has 4 heteroatoms. The van der Waals surface area contributed by atoms with Crippen molar-refractivity contribution in [3.8, 4) is 5.75 Å². The van der Waals surface area contributed by atoms with Gasteiger partial charge in [0.15, 0.2) is 0 Å². The second kappa shape index (κ2) is 6.87. The molecule has 2 aromatic carbocycles. The summed E-state index contributed by atoms with van der Waals surface area (Å²) in [5, 5.41) is 4.77. The minimum Gasteiger partial charge on any atom is -0.494 e. The number of hydrogen-bond donors (Lipinski definition) is 1. The summed E-state index contributed by atoms with van der Waals surface area (Å²) < 4.78 is 5.47. The van der Waals surface area contributed by atoms with E-state index in [0.717, 1.165) is 22.6 Å². The van der Waals surface area contributed by atoms with Crippen LogP contribution in [0.1, 0.15) is 18.1 Å². The highest BCUT2D eigenvalue weighted by molar-refractivity contribution is 6.33. The summed E-state index contributed by atoms with van der Waals surface area (Å²) in [5.74, 6) is 0.885. The van der Waals surface area contributed by atoms with Crippen LogP contribution in [-0.2, 0) is 6.54 Å². The molecule has 106 valence electrons. The van der Waals surface area contributed by atoms with Gasteiger partial charge in [0.05, 0.1) is 6.61 Å². The summed E-state index contributed by atoms with van der Waals surface area (Å²) in [6.45, 7) is 5.33. The van der Waals surface area contributed by atoms with Crippen LogP contribution in [0.4, 0.5) is 5.69 Å². The van der Waals surface area contributed by atoms with E-state index >= 15 is 0 Å². The number of benzene rings is 2. The quantitative estimate of drug-likeness (QED) is 0.807. The fourth-order valence-electron chi connectivity index (χ4n) is 1.96. The molecule has 0 aliphatic carbocycles. The van der Waals surface area contributed by atoms with Crippen LogP contribution in [-0.4, -0.2) is 6.61 Å². The third kappa shape index (κ3) is 3.81. The molecule has 0 radical (unpaired) electrons. The second-order valence-electron chi connectivity index (χ2n) is 4.50. The molecule has 0 saturated heterocycles. The third-order valence-corrected chi connectivity index (χ3v) is 3.59. The molecule has 2 aromatic rings. The lowest BCUT2D eigenvalue weighted by Crippen LogP contribution is -2.02. The van der Waals surface area contributed by atoms with Crippen molar-refractivity contribution >= 4 is 28.9 Å². The predicted octanol–water partition coefficient (Wildman–Crippen LogP) is 5.31. The van der Waals surface area contributed by atoms with Gasteiger partial charge in [-0.05, 0) is 61.4 Å². The van der Waals surface area contributed by atoms with Gasteiger partial charge in [-0.1, -0.05) is 23.2 Å². The molecule has 2 nitrogen and oxygen atoms in total. The largest absolute Gasteiger partial charge is 0.494 e. The topological polar surface area (TPSA) is 21.3 Å². The monoisotopic (exact) mass is 309 g/mol. The van der Waals surface area contributed by atoms with Crippen molar-refractivity contribution in [1.82, 2.24) is 0 Å². The Morgan fingerprint density at radius 1 is 1.10 bits per heavy atom. The molecule has 20 heavy (non-hydrogen) atoms. The highest BCUT2D eigenvalue weighted by Crippen LogP contribution is 2.24. The van der Waals surface area contributed by atoms with E-state index in [1.165, 1.54) is 0 Å². The Labute approximate surface area is 129 Å². The van der Waals surface area contributed by atoms with Gasteiger partial charge in [0.25, 0.3) is 0 Å². The van der Waals surface area contributed by atoms with Crippen LogP contribution < -0.4 is 10.1 Å². The molecule has 0 fully saturated rings. The molecule has 0 unspecified atom stereocenters. The molecule has 0 bridgehead atoms. The lowest BCUT2D eigenvalue weighted by molar-refractivity contribution is 0.340. The Morgan fingerprint density at radius 3 is 2.60 bits per heavy atom. The first-order valence-corrected chi connectivity index (χ1v) is 7.27. The summed E-state index contributed by atoms with van der Waals surface area (Å²) in [4.78, 5) is 0. The summed E-state index contributed by atoms with van der Waals surface area (Å²) in [7, 11) is 0. The minimum atomic E-state index is 0.633. The SMILES string of the molecule is CCOc1ccc(NCc2cc(Cl)ccc2Cl)c(C)c1. The molecule has 0 saturated carbocycles. The lowest BCUT2D eigenvalue weighted by atomic mass is 10.1. The maximum absolute atomic E-state index is 6.15. The van der Waals surface area contributed by atoms with Crippen LogP contribution in [0.2, 0.25) is 10.0 Å². The Morgan fingerprint density at radius 2 is 1.90 bits per heavy atom. The average molecular weight is 310 g/mol. The number of ether oxygens (including phenoxy) is 1. The zero-order valence-corrected chi connectivity index (χ0v) is 13.1. The maximum atomic E-state index is 6.15. The molecule has 0 aliphatic heterocycles. The number of hydrogen-bond acceptors (Lipinski definition) is 2. The summed E-state index contributed by atoms with van der Waals surface area (Å²) >= 11 is 12.1. The van der Waals surface area contributed by atoms with Crippen molar-refractivity contribution in [1.29, 1.82) is 0 Å². The van der Waals surface area contributed by atoms with Gasteiger partial charge in [-0.2, -0.15) is 0 Å². The Bertz CT molecular complexity index is 599. The fraction of sp³-hybridized carbons (Fsp3) is 0.250. The Hall–Kier alpha value is -1.38. The zero-order valence-electron chi connectivity index (χ0n) is 11.5. The van der Waals surface area contributed by atoms with Crippen molar-refractivity contribution in [2.45, 2.75) is 20.4 Å². The molecular weight excluding hydrogens is 293 g/mol. The predicted molar refractivity (Wildman–Crippen MR) is 86.1 cm³/mol. The molecule has 0 aliphatic rings. The van der Waals surface area contributed by atoms with E-state index in [-0.39, 0.29) is 0 Å². The fourth-order valence-corrected chi connectivity index (χ4v) is 2.34. The number of aryl methyl sites for hydroxylation is 1. The van der Waals surface area contributed by atoms with E-state index in [4.69, 9.17) is 27.9 Å². The number of halogens is 2. The molecule has 0 aromatic heterocycles. The van der Waals surface area contributed by atoms with Crippen LogP contribution in [0.3, 0.4) is 0 Å². The normalized spacial score (nSPS) is 10.4. The van der Waals surface area contributed by atoms with Crippen LogP contribution in [0.15, 0.2) is 36.4 Å². The van der Waals surface area contributed by atoms with Crippen molar-refractivity contribution in [3.63, 3.8) is 0 Å². The molecular formula is C16H17Cl2NO. The molecule has 0 spiro atoms. The van der Waals surface area contributed by atoms with Gasteiger partial charge in [-0.15, -0.1) is 0 Å². The standard InChI is InChI=1S/C16H17Cl2NO/c1-3-20-14-5-7-16(11(2)8-14)19-10-12-9-13(17)4-6-15(12)18/h4-9,19H,3,10H2,1-2H3. The first kappa shape index (κ1) is 15.0. The van der Waals surface area contributed by atoms with Gasteiger partial charge in [0.1, 0.15) is 5.75 Å². The van der Waals surface area contributed by atoms with Crippen molar-refractivity contribution in [2.24, 2.45) is 0 Å². The van der Waals surface area contributed by atoms with Crippen LogP contribution in [0, 0.1) is 6.92 Å². The van der Waals surface area contributed by atoms with Crippen LogP contribution in [0.25, 0.3) is 0 Å². The molecule has 1 N–H and O–H groups in total. The first-order chi connectivity index (χ1) is 9.60. The van der Waals surface area contributed by atoms with E-state index in [1.807, 2.05) is 44.2 Å². The highest BCUT2D eigenvalue weighted by atomic mass is 35.5. The summed E-state index contributed by atoms with van der Waals surface area (Å²) in [5.41, 5.74) is 3.17. The summed E-state index contributed by atoms with van der Waals surface area (Å²) in [6, 6.07) is 11.5. The van der Waals surface area contributed by atoms with Gasteiger partial charge in [-0.25, -0.2) is 0 Å². The maximum Gasteiger partial charge on any atom is 0.119 e. The van der Waals surface area contributed by atoms with E-state index < -0.39 is 0 Å². The molecule has 0 heterocycles. The van der Waals surface area contributed by atoms with Gasteiger partial charge in [0, 0.05) is 22.3 Å². The van der Waals surface area contributed by atoms with Crippen molar-refractivity contribution in [3.05, 3.63) is 57.6 Å². The second-order valence-corrected chi connectivity index (χ2v) is 5.34. The van der Waals surface area contributed by atoms with Gasteiger partial charge < -0.3 is 10.1 Å². The average Bonchev–Trinajstić information content (AvgIpc) is 2.42. The van der Waals surface area contributed by atoms with E-state index in [1.54, 1.807) is 6.07 Å². The minimum absolute atomic E-state index is 0.633. The molecule has 2 rings (SSSR count). The van der Waals surface area contributed by atoms with Crippen molar-refractivity contribution < 1.29 is 4.74 Å². The number of nitrogens with one attached hydrogen (secondary N) is 1. The first-order valence-electron chi connectivity index (χ1n) is 6.51. The van der Waals surface area contributed by atoms with Gasteiger partial charge >= 0.3 is 0 Å². The van der Waals surface area contributed by atoms with Gasteiger partial charge in [-0.3, -0.25) is 0 Å². The smallest absolute Gasteiger partial charge is 0.119 e. The van der Waals surface area contributed by atoms with Crippen molar-refractivity contribution in [2.75, 3.05) is 11.9 Å². The van der Waals surface area contributed by atoms with E-state index in [2.05, 4.69) is 5.32 Å². The number of rotatable bonds is 5. The zero-order chi connectivity index (χ0) is 14.5. The third-order valence-electron chi connectivity index (χ3n) is 2.99. The van der Waals surface area contributed by atoms with Gasteiger partial charge in [0.2, 0.25) is 0 Å². The number of anilines is 1.